The molecule has 4 nitrogen and oxygen atoms in total. The van der Waals surface area contributed by atoms with Gasteiger partial charge in [0.05, 0.1) is 17.8 Å². The summed E-state index contributed by atoms with van der Waals surface area (Å²) in [6, 6.07) is 5.09. The van der Waals surface area contributed by atoms with Crippen LogP contribution in [0.5, 0.6) is 0 Å². The molecule has 2 heterocycles. The molecule has 22 heavy (non-hydrogen) atoms. The predicted molar refractivity (Wildman–Crippen MR) is 74.7 cm³/mol. The Morgan fingerprint density at radius 3 is 2.73 bits per heavy atom. The lowest BCUT2D eigenvalue weighted by atomic mass is 9.88. The number of halogens is 3. The Kier molecular flexibility index (Phi) is 3.55. The van der Waals surface area contributed by atoms with Crippen LogP contribution in [-0.2, 0) is 10.9 Å². The molecule has 2 aliphatic heterocycles. The van der Waals surface area contributed by atoms with Crippen LogP contribution in [0.1, 0.15) is 18.9 Å². The summed E-state index contributed by atoms with van der Waals surface area (Å²) in [6.07, 6.45) is -4.38. The summed E-state index contributed by atoms with van der Waals surface area (Å²) in [5.41, 5.74) is -1.73. The molecule has 1 N–H and O–H groups in total. The third-order valence-electron chi connectivity index (χ3n) is 4.44. The Bertz CT molecular complexity index is 584. The normalized spacial score (nSPS) is 29.0. The smallest absolute Gasteiger partial charge is 0.418 e. The molecule has 1 amide bonds. The standard InChI is InChI=1S/C15H17F3N2O2/c1-14(10-6-7-19-8-10)9-20(13(21)22-14)12-5-3-2-4-11(12)15(16,17)18/h2-5,10,19H,6-9H2,1H3. The molecule has 0 aliphatic carbocycles. The number of hydrogen-bond acceptors (Lipinski definition) is 3. The highest BCUT2D eigenvalue weighted by Gasteiger charge is 2.49. The maximum Gasteiger partial charge on any atom is 0.418 e. The van der Waals surface area contributed by atoms with Crippen molar-refractivity contribution in [3.8, 4) is 0 Å². The zero-order valence-electron chi connectivity index (χ0n) is 12.1. The number of nitrogens with zero attached hydrogens (tertiary/aromatic N) is 1. The number of cyclic esters (lactones) is 1. The van der Waals surface area contributed by atoms with Gasteiger partial charge in [0.25, 0.3) is 0 Å². The Morgan fingerprint density at radius 1 is 1.36 bits per heavy atom. The lowest BCUT2D eigenvalue weighted by Crippen LogP contribution is -2.40. The summed E-state index contributed by atoms with van der Waals surface area (Å²) < 4.78 is 44.8. The molecular formula is C15H17F3N2O2. The van der Waals surface area contributed by atoms with Crippen molar-refractivity contribution in [2.24, 2.45) is 5.92 Å². The number of ether oxygens (including phenoxy) is 1. The third-order valence-corrected chi connectivity index (χ3v) is 4.44. The minimum Gasteiger partial charge on any atom is -0.441 e. The molecule has 0 spiro atoms. The summed E-state index contributed by atoms with van der Waals surface area (Å²) in [7, 11) is 0. The van der Waals surface area contributed by atoms with Crippen molar-refractivity contribution in [1.29, 1.82) is 0 Å². The van der Waals surface area contributed by atoms with E-state index >= 15 is 0 Å². The molecule has 3 rings (SSSR count). The van der Waals surface area contributed by atoms with Crippen LogP contribution < -0.4 is 10.2 Å². The number of benzene rings is 1. The first-order chi connectivity index (χ1) is 10.3. The fourth-order valence-corrected chi connectivity index (χ4v) is 3.19. The Hall–Kier alpha value is -1.76. The van der Waals surface area contributed by atoms with Crippen LogP contribution in [-0.4, -0.2) is 31.3 Å². The van der Waals surface area contributed by atoms with Gasteiger partial charge in [-0.25, -0.2) is 4.79 Å². The molecule has 0 aromatic heterocycles. The van der Waals surface area contributed by atoms with Gasteiger partial charge < -0.3 is 10.1 Å². The number of alkyl halides is 3. The Labute approximate surface area is 126 Å². The molecule has 2 saturated heterocycles. The van der Waals surface area contributed by atoms with Gasteiger partial charge in [0.1, 0.15) is 5.60 Å². The molecular weight excluding hydrogens is 297 g/mol. The molecule has 120 valence electrons. The van der Waals surface area contributed by atoms with Crippen LogP contribution in [0, 0.1) is 5.92 Å². The van der Waals surface area contributed by atoms with E-state index < -0.39 is 23.4 Å². The average molecular weight is 314 g/mol. The second-order valence-electron chi connectivity index (χ2n) is 5.97. The molecule has 0 bridgehead atoms. The van der Waals surface area contributed by atoms with Gasteiger partial charge in [-0.05, 0) is 32.0 Å². The van der Waals surface area contributed by atoms with E-state index in [4.69, 9.17) is 4.74 Å². The van der Waals surface area contributed by atoms with E-state index in [1.807, 2.05) is 0 Å². The topological polar surface area (TPSA) is 41.6 Å². The van der Waals surface area contributed by atoms with Gasteiger partial charge in [0, 0.05) is 12.5 Å². The number of hydrogen-bond donors (Lipinski definition) is 1. The van der Waals surface area contributed by atoms with Gasteiger partial charge in [-0.15, -0.1) is 0 Å². The number of amides is 1. The molecule has 2 atom stereocenters. The van der Waals surface area contributed by atoms with Gasteiger partial charge in [0.2, 0.25) is 0 Å². The van der Waals surface area contributed by atoms with Gasteiger partial charge in [-0.2, -0.15) is 13.2 Å². The second-order valence-corrected chi connectivity index (χ2v) is 5.97. The number of carbonyl (C=O) groups is 1. The van der Waals surface area contributed by atoms with Crippen LogP contribution in [0.25, 0.3) is 0 Å². The number of para-hydroxylation sites is 1. The molecule has 2 fully saturated rings. The van der Waals surface area contributed by atoms with Crippen molar-refractivity contribution in [2.75, 3.05) is 24.5 Å². The average Bonchev–Trinajstić information content (AvgIpc) is 3.07. The summed E-state index contributed by atoms with van der Waals surface area (Å²) in [5.74, 6) is 0.111. The maximum absolute atomic E-state index is 13.1. The molecule has 1 aromatic carbocycles. The first-order valence-corrected chi connectivity index (χ1v) is 7.19. The fourth-order valence-electron chi connectivity index (χ4n) is 3.19. The summed E-state index contributed by atoms with van der Waals surface area (Å²) >= 11 is 0. The van der Waals surface area contributed by atoms with E-state index in [1.165, 1.54) is 18.2 Å². The largest absolute Gasteiger partial charge is 0.441 e. The quantitative estimate of drug-likeness (QED) is 0.912. The number of nitrogens with one attached hydrogen (secondary N) is 1. The molecule has 2 aliphatic rings. The lowest BCUT2D eigenvalue weighted by Gasteiger charge is -2.28. The van der Waals surface area contributed by atoms with Crippen molar-refractivity contribution >= 4 is 11.8 Å². The predicted octanol–water partition coefficient (Wildman–Crippen LogP) is 3.03. The van der Waals surface area contributed by atoms with Crippen molar-refractivity contribution in [3.05, 3.63) is 29.8 Å². The van der Waals surface area contributed by atoms with E-state index in [-0.39, 0.29) is 18.2 Å². The summed E-state index contributed by atoms with van der Waals surface area (Å²) in [5, 5.41) is 3.19. The third kappa shape index (κ3) is 2.54. The monoisotopic (exact) mass is 314 g/mol. The first kappa shape index (κ1) is 15.1. The zero-order valence-corrected chi connectivity index (χ0v) is 12.1. The van der Waals surface area contributed by atoms with Gasteiger partial charge in [-0.1, -0.05) is 12.1 Å². The van der Waals surface area contributed by atoms with Gasteiger partial charge in [0.15, 0.2) is 0 Å². The second kappa shape index (κ2) is 5.15. The highest BCUT2D eigenvalue weighted by Crippen LogP contribution is 2.41. The van der Waals surface area contributed by atoms with Crippen molar-refractivity contribution in [2.45, 2.75) is 25.1 Å². The molecule has 1 aromatic rings. The van der Waals surface area contributed by atoms with Crippen LogP contribution in [0.4, 0.5) is 23.7 Å². The minimum absolute atomic E-state index is 0.111. The summed E-state index contributed by atoms with van der Waals surface area (Å²) in [6.45, 7) is 3.46. The fraction of sp³-hybridized carbons (Fsp3) is 0.533. The number of anilines is 1. The van der Waals surface area contributed by atoms with Gasteiger partial charge >= 0.3 is 12.3 Å². The lowest BCUT2D eigenvalue weighted by molar-refractivity contribution is -0.137. The van der Waals surface area contributed by atoms with Crippen LogP contribution in [0.3, 0.4) is 0 Å². The van der Waals surface area contributed by atoms with E-state index in [1.54, 1.807) is 6.92 Å². The zero-order chi connectivity index (χ0) is 16.0. The van der Waals surface area contributed by atoms with E-state index in [2.05, 4.69) is 5.32 Å². The number of carbonyl (C=O) groups excluding carboxylic acids is 1. The first-order valence-electron chi connectivity index (χ1n) is 7.19. The van der Waals surface area contributed by atoms with Crippen LogP contribution in [0.15, 0.2) is 24.3 Å². The molecule has 2 unspecified atom stereocenters. The van der Waals surface area contributed by atoms with Crippen molar-refractivity contribution < 1.29 is 22.7 Å². The maximum atomic E-state index is 13.1. The summed E-state index contributed by atoms with van der Waals surface area (Å²) in [4.78, 5) is 13.2. The highest BCUT2D eigenvalue weighted by atomic mass is 19.4. The van der Waals surface area contributed by atoms with Crippen LogP contribution in [0.2, 0.25) is 0 Å². The number of rotatable bonds is 2. The van der Waals surface area contributed by atoms with Crippen LogP contribution >= 0.6 is 0 Å². The van der Waals surface area contributed by atoms with E-state index in [9.17, 15) is 18.0 Å². The minimum atomic E-state index is -4.51. The van der Waals surface area contributed by atoms with E-state index in [0.29, 0.717) is 6.54 Å². The SMILES string of the molecule is CC1(C2CCNC2)CN(c2ccccc2C(F)(F)F)C(=O)O1. The van der Waals surface area contributed by atoms with Crippen molar-refractivity contribution in [1.82, 2.24) is 5.32 Å². The Balaban J connectivity index is 1.92. The van der Waals surface area contributed by atoms with Crippen molar-refractivity contribution in [3.63, 3.8) is 0 Å². The van der Waals surface area contributed by atoms with Gasteiger partial charge in [-0.3, -0.25) is 4.90 Å². The molecule has 0 radical (unpaired) electrons. The highest BCUT2D eigenvalue weighted by molar-refractivity contribution is 5.91. The van der Waals surface area contributed by atoms with E-state index in [0.717, 1.165) is 23.9 Å². The molecule has 7 heteroatoms. The molecule has 0 saturated carbocycles. The Morgan fingerprint density at radius 2 is 2.09 bits per heavy atom.